The molecule has 0 heterocycles. The molecule has 0 spiro atoms. The Hall–Kier alpha value is -2.67. The third-order valence-corrected chi connectivity index (χ3v) is 11.1. The van der Waals surface area contributed by atoms with Crippen molar-refractivity contribution in [3.05, 3.63) is 48.5 Å². The van der Waals surface area contributed by atoms with Crippen LogP contribution in [0.3, 0.4) is 0 Å². The van der Waals surface area contributed by atoms with Crippen LogP contribution in [-0.4, -0.2) is 20.4 Å². The first-order chi connectivity index (χ1) is 17.8. The SMILES string of the molecule is O=C(C[C@@H]1C[C@@H]2CC[C@@H]1C2)Oc1ccc(S(=O)(=O)c2ccc(OC(=O)C[C@H]3C[C@H]4CC[C@@H]3C4)cc2)cc1. The topological polar surface area (TPSA) is 86.7 Å². The zero-order valence-corrected chi connectivity index (χ0v) is 21.8. The van der Waals surface area contributed by atoms with E-state index in [2.05, 4.69) is 0 Å². The van der Waals surface area contributed by atoms with Gasteiger partial charge in [0.1, 0.15) is 11.5 Å². The molecular formula is C30H34O6S. The van der Waals surface area contributed by atoms with Gasteiger partial charge in [-0.25, -0.2) is 8.42 Å². The summed E-state index contributed by atoms with van der Waals surface area (Å²) in [5, 5.41) is 0. The molecule has 0 amide bonds. The molecule has 37 heavy (non-hydrogen) atoms. The fourth-order valence-corrected chi connectivity index (χ4v) is 8.80. The monoisotopic (exact) mass is 522 g/mol. The first-order valence-electron chi connectivity index (χ1n) is 13.7. The van der Waals surface area contributed by atoms with Crippen LogP contribution in [0.2, 0.25) is 0 Å². The Morgan fingerprint density at radius 3 is 1.35 bits per heavy atom. The van der Waals surface area contributed by atoms with E-state index < -0.39 is 9.84 Å². The van der Waals surface area contributed by atoms with Crippen LogP contribution in [0.15, 0.2) is 58.3 Å². The largest absolute Gasteiger partial charge is 0.427 e. The average Bonchev–Trinajstić information content (AvgIpc) is 3.67. The van der Waals surface area contributed by atoms with Gasteiger partial charge in [-0.15, -0.1) is 0 Å². The fourth-order valence-electron chi connectivity index (χ4n) is 7.54. The number of esters is 2. The van der Waals surface area contributed by atoms with Crippen molar-refractivity contribution in [1.82, 2.24) is 0 Å². The van der Waals surface area contributed by atoms with Crippen molar-refractivity contribution in [2.45, 2.75) is 74.0 Å². The lowest BCUT2D eigenvalue weighted by atomic mass is 9.86. The minimum absolute atomic E-state index is 0.112. The van der Waals surface area contributed by atoms with E-state index in [0.29, 0.717) is 48.0 Å². The Morgan fingerprint density at radius 2 is 1.03 bits per heavy atom. The second-order valence-corrected chi connectivity index (χ2v) is 13.6. The van der Waals surface area contributed by atoms with E-state index in [9.17, 15) is 18.0 Å². The van der Waals surface area contributed by atoms with Crippen molar-refractivity contribution in [1.29, 1.82) is 0 Å². The summed E-state index contributed by atoms with van der Waals surface area (Å²) in [5.41, 5.74) is 0. The molecular weight excluding hydrogens is 488 g/mol. The van der Waals surface area contributed by atoms with Crippen LogP contribution in [0.5, 0.6) is 11.5 Å². The highest BCUT2D eigenvalue weighted by atomic mass is 32.2. The van der Waals surface area contributed by atoms with Crippen molar-refractivity contribution in [2.24, 2.45) is 35.5 Å². The molecule has 4 fully saturated rings. The van der Waals surface area contributed by atoms with E-state index in [1.807, 2.05) is 0 Å². The van der Waals surface area contributed by atoms with Gasteiger partial charge in [-0.1, -0.05) is 12.8 Å². The lowest BCUT2D eigenvalue weighted by molar-refractivity contribution is -0.136. The minimum atomic E-state index is -3.76. The standard InChI is InChI=1S/C30H34O6S/c31-29(17-23-15-19-1-3-21(23)13-19)35-25-5-9-27(10-6-25)37(33,34)28-11-7-26(8-12-28)36-30(32)18-24-16-20-2-4-22(24)14-20/h5-12,19-24H,1-4,13-18H2/t19-,20+,21-,22-,23+,24-/m1/s1. The van der Waals surface area contributed by atoms with Gasteiger partial charge in [-0.3, -0.25) is 9.59 Å². The molecule has 2 aromatic carbocycles. The van der Waals surface area contributed by atoms with Crippen LogP contribution in [0.4, 0.5) is 0 Å². The lowest BCUT2D eigenvalue weighted by Gasteiger charge is -2.20. The van der Waals surface area contributed by atoms with Crippen LogP contribution >= 0.6 is 0 Å². The van der Waals surface area contributed by atoms with E-state index in [4.69, 9.17) is 9.47 Å². The zero-order valence-electron chi connectivity index (χ0n) is 21.0. The summed E-state index contributed by atoms with van der Waals surface area (Å²) >= 11 is 0. The normalized spacial score (nSPS) is 29.9. The number of hydrogen-bond donors (Lipinski definition) is 0. The molecule has 4 bridgehead atoms. The maximum Gasteiger partial charge on any atom is 0.311 e. The van der Waals surface area contributed by atoms with Crippen LogP contribution in [0.1, 0.15) is 64.2 Å². The van der Waals surface area contributed by atoms with Crippen LogP contribution < -0.4 is 9.47 Å². The van der Waals surface area contributed by atoms with Gasteiger partial charge >= 0.3 is 11.9 Å². The molecule has 0 aromatic heterocycles. The molecule has 6 rings (SSSR count). The van der Waals surface area contributed by atoms with Crippen molar-refractivity contribution in [2.75, 3.05) is 0 Å². The van der Waals surface area contributed by atoms with Gasteiger partial charge in [0.05, 0.1) is 9.79 Å². The van der Waals surface area contributed by atoms with E-state index >= 15 is 0 Å². The number of rotatable bonds is 8. The van der Waals surface area contributed by atoms with E-state index in [-0.39, 0.29) is 21.7 Å². The highest BCUT2D eigenvalue weighted by molar-refractivity contribution is 7.91. The molecule has 0 unspecified atom stereocenters. The third kappa shape index (κ3) is 5.20. The van der Waals surface area contributed by atoms with Gasteiger partial charge in [0.25, 0.3) is 0 Å². The maximum absolute atomic E-state index is 13.1. The number of ether oxygens (including phenoxy) is 2. The summed E-state index contributed by atoms with van der Waals surface area (Å²) in [4.78, 5) is 25.0. The summed E-state index contributed by atoms with van der Waals surface area (Å²) in [7, 11) is -3.76. The highest BCUT2D eigenvalue weighted by Crippen LogP contribution is 2.50. The van der Waals surface area contributed by atoms with Gasteiger partial charge in [0, 0.05) is 12.8 Å². The Labute approximate surface area is 218 Å². The summed E-state index contributed by atoms with van der Waals surface area (Å²) in [6.07, 6.45) is 10.6. The van der Waals surface area contributed by atoms with Crippen LogP contribution in [-0.2, 0) is 19.4 Å². The first kappa shape index (κ1) is 24.7. The quantitative estimate of drug-likeness (QED) is 0.313. The molecule has 0 saturated heterocycles. The molecule has 0 N–H and O–H groups in total. The Bertz CT molecular complexity index is 1170. The van der Waals surface area contributed by atoms with Gasteiger partial charge in [-0.05, 0) is 123 Å². The predicted molar refractivity (Wildman–Crippen MR) is 137 cm³/mol. The molecule has 4 aliphatic carbocycles. The number of benzene rings is 2. The molecule has 6 nitrogen and oxygen atoms in total. The predicted octanol–water partition coefficient (Wildman–Crippen LogP) is 5.98. The molecule has 6 atom stereocenters. The smallest absolute Gasteiger partial charge is 0.311 e. The van der Waals surface area contributed by atoms with E-state index in [0.717, 1.165) is 24.7 Å². The molecule has 0 aliphatic heterocycles. The number of carbonyl (C=O) groups is 2. The maximum atomic E-state index is 13.1. The summed E-state index contributed by atoms with van der Waals surface area (Å²) in [5.74, 6) is 3.91. The van der Waals surface area contributed by atoms with E-state index in [1.165, 1.54) is 87.1 Å². The van der Waals surface area contributed by atoms with Crippen LogP contribution in [0.25, 0.3) is 0 Å². The van der Waals surface area contributed by atoms with Crippen molar-refractivity contribution in [3.8, 4) is 11.5 Å². The average molecular weight is 523 g/mol. The molecule has 0 radical (unpaired) electrons. The number of hydrogen-bond acceptors (Lipinski definition) is 6. The van der Waals surface area contributed by atoms with Crippen molar-refractivity contribution >= 4 is 21.8 Å². The number of carbonyl (C=O) groups excluding carboxylic acids is 2. The summed E-state index contributed by atoms with van der Waals surface area (Å²) in [6, 6.07) is 11.9. The van der Waals surface area contributed by atoms with Gasteiger partial charge in [-0.2, -0.15) is 0 Å². The number of fused-ring (bicyclic) bond motifs is 4. The van der Waals surface area contributed by atoms with Gasteiger partial charge in [0.2, 0.25) is 9.84 Å². The number of sulfone groups is 1. The third-order valence-electron chi connectivity index (χ3n) is 9.36. The van der Waals surface area contributed by atoms with Gasteiger partial charge in [0.15, 0.2) is 0 Å². The van der Waals surface area contributed by atoms with Crippen molar-refractivity contribution < 1.29 is 27.5 Å². The summed E-state index contributed by atoms with van der Waals surface area (Å²) in [6.45, 7) is 0. The lowest BCUT2D eigenvalue weighted by Crippen LogP contribution is -2.18. The van der Waals surface area contributed by atoms with Crippen LogP contribution in [0, 0.1) is 35.5 Å². The van der Waals surface area contributed by atoms with E-state index in [1.54, 1.807) is 0 Å². The Kier molecular flexibility index (Phi) is 6.59. The second-order valence-electron chi connectivity index (χ2n) is 11.7. The minimum Gasteiger partial charge on any atom is -0.427 e. The Morgan fingerprint density at radius 1 is 0.622 bits per heavy atom. The first-order valence-corrected chi connectivity index (χ1v) is 15.2. The van der Waals surface area contributed by atoms with Crippen molar-refractivity contribution in [3.63, 3.8) is 0 Å². The second kappa shape index (κ2) is 9.90. The molecule has 4 aliphatic rings. The molecule has 7 heteroatoms. The highest BCUT2D eigenvalue weighted by Gasteiger charge is 2.41. The Balaban J connectivity index is 1.03. The summed E-state index contributed by atoms with van der Waals surface area (Å²) < 4.78 is 37.2. The molecule has 2 aromatic rings. The fraction of sp³-hybridized carbons (Fsp3) is 0.533. The zero-order chi connectivity index (χ0) is 25.6. The molecule has 4 saturated carbocycles. The van der Waals surface area contributed by atoms with Gasteiger partial charge < -0.3 is 9.47 Å². The molecule has 196 valence electrons.